The van der Waals surface area contributed by atoms with Crippen molar-refractivity contribution in [3.8, 4) is 0 Å². The van der Waals surface area contributed by atoms with Gasteiger partial charge >= 0.3 is 0 Å². The highest BCUT2D eigenvalue weighted by Gasteiger charge is 2.41. The van der Waals surface area contributed by atoms with Crippen molar-refractivity contribution in [3.05, 3.63) is 0 Å². The summed E-state index contributed by atoms with van der Waals surface area (Å²) in [6.07, 6.45) is 2.30. The average molecular weight is 183 g/mol. The molecule has 1 saturated heterocycles. The molecule has 3 unspecified atom stereocenters. The lowest BCUT2D eigenvalue weighted by molar-refractivity contribution is 0.123. The molecule has 0 bridgehead atoms. The first-order valence-electron chi connectivity index (χ1n) is 5.57. The third-order valence-electron chi connectivity index (χ3n) is 3.52. The van der Waals surface area contributed by atoms with Crippen LogP contribution < -0.4 is 0 Å². The van der Waals surface area contributed by atoms with Gasteiger partial charge in [0.15, 0.2) is 0 Å². The second-order valence-corrected chi connectivity index (χ2v) is 5.18. The summed E-state index contributed by atoms with van der Waals surface area (Å²) < 4.78 is 0. The molecule has 0 radical (unpaired) electrons. The molecule has 3 atom stereocenters. The van der Waals surface area contributed by atoms with Gasteiger partial charge < -0.3 is 10.0 Å². The number of likely N-dealkylation sites (tertiary alicyclic amines) is 1. The predicted molar refractivity (Wildman–Crippen MR) is 53.5 cm³/mol. The maximum Gasteiger partial charge on any atom is 0.0583 e. The van der Waals surface area contributed by atoms with Crippen LogP contribution in [0, 0.1) is 17.8 Å². The Morgan fingerprint density at radius 1 is 1.31 bits per heavy atom. The normalized spacial score (nSPS) is 40.2. The number of hydrogen-bond donors (Lipinski definition) is 1. The fraction of sp³-hybridized carbons (Fsp3) is 1.00. The van der Waals surface area contributed by atoms with Gasteiger partial charge in [-0.15, -0.1) is 0 Å². The molecule has 76 valence electrons. The fourth-order valence-corrected chi connectivity index (χ4v) is 2.99. The first kappa shape index (κ1) is 9.47. The lowest BCUT2D eigenvalue weighted by Crippen LogP contribution is -2.28. The van der Waals surface area contributed by atoms with E-state index < -0.39 is 0 Å². The number of fused-ring (bicyclic) bond motifs is 1. The van der Waals surface area contributed by atoms with Crippen molar-refractivity contribution < 1.29 is 5.11 Å². The van der Waals surface area contributed by atoms with Gasteiger partial charge in [0.2, 0.25) is 0 Å². The number of aliphatic hydroxyl groups is 1. The summed E-state index contributed by atoms with van der Waals surface area (Å²) in [5, 5.41) is 9.72. The van der Waals surface area contributed by atoms with E-state index in [0.717, 1.165) is 24.8 Å². The fourth-order valence-electron chi connectivity index (χ4n) is 2.99. The van der Waals surface area contributed by atoms with Crippen LogP contribution in [0.2, 0.25) is 0 Å². The molecule has 2 aliphatic rings. The van der Waals surface area contributed by atoms with E-state index in [1.165, 1.54) is 19.5 Å². The lowest BCUT2D eigenvalue weighted by atomic mass is 10.00. The second kappa shape index (κ2) is 3.58. The number of rotatable bonds is 2. The maximum atomic E-state index is 9.72. The Bertz CT molecular complexity index is 181. The summed E-state index contributed by atoms with van der Waals surface area (Å²) in [5.74, 6) is 2.16. The Morgan fingerprint density at radius 2 is 2.08 bits per heavy atom. The third-order valence-corrected chi connectivity index (χ3v) is 3.52. The zero-order valence-corrected chi connectivity index (χ0v) is 8.74. The topological polar surface area (TPSA) is 23.5 Å². The molecule has 0 spiro atoms. The summed E-state index contributed by atoms with van der Waals surface area (Å²) in [6.45, 7) is 8.12. The van der Waals surface area contributed by atoms with Crippen LogP contribution in [-0.4, -0.2) is 35.7 Å². The number of nitrogens with zero attached hydrogens (tertiary/aromatic N) is 1. The molecule has 1 aliphatic carbocycles. The Hall–Kier alpha value is -0.0800. The molecule has 1 saturated carbocycles. The Balaban J connectivity index is 1.87. The quantitative estimate of drug-likeness (QED) is 0.698. The van der Waals surface area contributed by atoms with Gasteiger partial charge in [-0.2, -0.15) is 0 Å². The van der Waals surface area contributed by atoms with Crippen molar-refractivity contribution in [2.75, 3.05) is 19.6 Å². The van der Waals surface area contributed by atoms with E-state index in [9.17, 15) is 5.11 Å². The highest BCUT2D eigenvalue weighted by atomic mass is 16.3. The second-order valence-electron chi connectivity index (χ2n) is 5.18. The van der Waals surface area contributed by atoms with E-state index in [4.69, 9.17) is 0 Å². The monoisotopic (exact) mass is 183 g/mol. The Morgan fingerprint density at radius 3 is 2.69 bits per heavy atom. The van der Waals surface area contributed by atoms with E-state index in [0.29, 0.717) is 5.92 Å². The van der Waals surface area contributed by atoms with Crippen LogP contribution in [0.15, 0.2) is 0 Å². The lowest BCUT2D eigenvalue weighted by Gasteiger charge is -2.19. The van der Waals surface area contributed by atoms with Crippen LogP contribution in [0.25, 0.3) is 0 Å². The van der Waals surface area contributed by atoms with Crippen LogP contribution >= 0.6 is 0 Å². The number of aliphatic hydroxyl groups excluding tert-OH is 1. The van der Waals surface area contributed by atoms with Crippen molar-refractivity contribution in [2.45, 2.75) is 32.8 Å². The summed E-state index contributed by atoms with van der Waals surface area (Å²) in [5.41, 5.74) is 0. The van der Waals surface area contributed by atoms with Gasteiger partial charge in [-0.1, -0.05) is 13.8 Å². The van der Waals surface area contributed by atoms with Gasteiger partial charge in [0, 0.05) is 25.6 Å². The van der Waals surface area contributed by atoms with Crippen LogP contribution in [0.3, 0.4) is 0 Å². The van der Waals surface area contributed by atoms with Crippen molar-refractivity contribution in [1.29, 1.82) is 0 Å². The Kier molecular flexibility index (Phi) is 2.61. The molecule has 13 heavy (non-hydrogen) atoms. The van der Waals surface area contributed by atoms with Gasteiger partial charge in [-0.3, -0.25) is 0 Å². The van der Waals surface area contributed by atoms with Crippen molar-refractivity contribution in [1.82, 2.24) is 4.90 Å². The minimum absolute atomic E-state index is 0.00200. The van der Waals surface area contributed by atoms with E-state index >= 15 is 0 Å². The van der Waals surface area contributed by atoms with Gasteiger partial charge in [-0.05, 0) is 24.7 Å². The molecular weight excluding hydrogens is 162 g/mol. The molecule has 0 aromatic carbocycles. The van der Waals surface area contributed by atoms with Crippen LogP contribution in [-0.2, 0) is 0 Å². The standard InChI is InChI=1S/C11H21NO/c1-8(2)5-12-6-9-3-4-11(13)10(9)7-12/h8-11,13H,3-7H2,1-2H3. The van der Waals surface area contributed by atoms with Crippen LogP contribution in [0.4, 0.5) is 0 Å². The number of hydrogen-bond acceptors (Lipinski definition) is 2. The molecule has 1 aliphatic heterocycles. The smallest absolute Gasteiger partial charge is 0.0583 e. The molecule has 1 heterocycles. The largest absolute Gasteiger partial charge is 0.393 e. The van der Waals surface area contributed by atoms with Crippen LogP contribution in [0.1, 0.15) is 26.7 Å². The van der Waals surface area contributed by atoms with E-state index in [1.807, 2.05) is 0 Å². The zero-order valence-electron chi connectivity index (χ0n) is 8.74. The third kappa shape index (κ3) is 1.89. The molecule has 2 rings (SSSR count). The van der Waals surface area contributed by atoms with Gasteiger partial charge in [-0.25, -0.2) is 0 Å². The van der Waals surface area contributed by atoms with Gasteiger partial charge in [0.05, 0.1) is 6.10 Å². The molecular formula is C11H21NO. The summed E-state index contributed by atoms with van der Waals surface area (Å²) >= 11 is 0. The molecule has 0 aromatic heterocycles. The van der Waals surface area contributed by atoms with Crippen LogP contribution in [0.5, 0.6) is 0 Å². The van der Waals surface area contributed by atoms with Crippen molar-refractivity contribution in [2.24, 2.45) is 17.8 Å². The first-order valence-corrected chi connectivity index (χ1v) is 5.57. The summed E-state index contributed by atoms with van der Waals surface area (Å²) in [6, 6.07) is 0. The van der Waals surface area contributed by atoms with E-state index in [2.05, 4.69) is 18.7 Å². The first-order chi connectivity index (χ1) is 6.16. The minimum Gasteiger partial charge on any atom is -0.393 e. The highest BCUT2D eigenvalue weighted by Crippen LogP contribution is 2.38. The SMILES string of the molecule is CC(C)CN1CC2CCC(O)C2C1. The minimum atomic E-state index is 0.00200. The average Bonchev–Trinajstić information content (AvgIpc) is 2.53. The molecule has 2 heteroatoms. The van der Waals surface area contributed by atoms with E-state index in [-0.39, 0.29) is 6.10 Å². The van der Waals surface area contributed by atoms with Crippen molar-refractivity contribution >= 4 is 0 Å². The molecule has 2 fully saturated rings. The summed E-state index contributed by atoms with van der Waals surface area (Å²) in [4.78, 5) is 2.53. The summed E-state index contributed by atoms with van der Waals surface area (Å²) in [7, 11) is 0. The zero-order chi connectivity index (χ0) is 9.42. The Labute approximate surface area is 80.9 Å². The molecule has 1 N–H and O–H groups in total. The molecule has 0 aromatic rings. The molecule has 0 amide bonds. The van der Waals surface area contributed by atoms with Gasteiger partial charge in [0.25, 0.3) is 0 Å². The van der Waals surface area contributed by atoms with Gasteiger partial charge in [0.1, 0.15) is 0 Å². The molecule has 2 nitrogen and oxygen atoms in total. The van der Waals surface area contributed by atoms with Crippen molar-refractivity contribution in [3.63, 3.8) is 0 Å². The predicted octanol–water partition coefficient (Wildman–Crippen LogP) is 1.35. The highest BCUT2D eigenvalue weighted by molar-refractivity contribution is 4.93. The van der Waals surface area contributed by atoms with E-state index in [1.54, 1.807) is 0 Å². The maximum absolute atomic E-state index is 9.72.